The number of benzene rings is 2. The van der Waals surface area contributed by atoms with Crippen LogP contribution in [0.15, 0.2) is 53.0 Å². The number of nitrogens with one attached hydrogen (secondary N) is 1. The molecule has 2 aromatic carbocycles. The molecule has 0 radical (unpaired) electrons. The molecule has 0 unspecified atom stereocenters. The quantitative estimate of drug-likeness (QED) is 0.826. The first kappa shape index (κ1) is 17.6. The van der Waals surface area contributed by atoms with E-state index in [4.69, 9.17) is 0 Å². The third-order valence-corrected chi connectivity index (χ3v) is 4.75. The Morgan fingerprint density at radius 1 is 1.24 bits per heavy atom. The Morgan fingerprint density at radius 3 is 2.72 bits per heavy atom. The smallest absolute Gasteiger partial charge is 0.229 e. The Hall–Kier alpha value is -2.21. The zero-order valence-corrected chi connectivity index (χ0v) is 15.1. The Labute approximate surface area is 154 Å². The van der Waals surface area contributed by atoms with E-state index in [2.05, 4.69) is 21.2 Å². The van der Waals surface area contributed by atoms with Gasteiger partial charge in [-0.3, -0.25) is 9.59 Å². The van der Waals surface area contributed by atoms with Crippen LogP contribution in [0.5, 0.6) is 0 Å². The highest BCUT2D eigenvalue weighted by atomic mass is 79.9. The lowest BCUT2D eigenvalue weighted by Crippen LogP contribution is -2.30. The Morgan fingerprint density at radius 2 is 2.00 bits per heavy atom. The fraction of sp³-hybridized carbons (Fsp3) is 0.263. The third kappa shape index (κ3) is 4.66. The molecule has 0 aromatic heterocycles. The molecule has 2 aromatic rings. The number of carbonyl (C=O) groups is 2. The van der Waals surface area contributed by atoms with E-state index in [1.54, 1.807) is 17.0 Å². The Balaban J connectivity index is 1.54. The molecule has 25 heavy (non-hydrogen) atoms. The average molecular weight is 405 g/mol. The monoisotopic (exact) mass is 404 g/mol. The molecule has 0 spiro atoms. The summed E-state index contributed by atoms with van der Waals surface area (Å²) < 4.78 is 13.8. The molecule has 1 fully saturated rings. The van der Waals surface area contributed by atoms with Gasteiger partial charge in [-0.2, -0.15) is 0 Å². The van der Waals surface area contributed by atoms with Crippen molar-refractivity contribution in [2.75, 3.05) is 18.4 Å². The summed E-state index contributed by atoms with van der Waals surface area (Å²) in [7, 11) is 0. The fourth-order valence-corrected chi connectivity index (χ4v) is 3.29. The van der Waals surface area contributed by atoms with E-state index in [-0.39, 0.29) is 30.0 Å². The SMILES string of the molecule is O=C(Nc1cccc(Br)c1)[C@H]1CC(=O)N(CCc2ccc(F)cc2)C1. The van der Waals surface area contributed by atoms with E-state index in [1.165, 1.54) is 12.1 Å². The molecule has 3 rings (SSSR count). The van der Waals surface area contributed by atoms with Crippen molar-refractivity contribution in [1.82, 2.24) is 4.90 Å². The van der Waals surface area contributed by atoms with Gasteiger partial charge in [-0.1, -0.05) is 34.1 Å². The van der Waals surface area contributed by atoms with Crippen LogP contribution in [0.4, 0.5) is 10.1 Å². The van der Waals surface area contributed by atoms with E-state index in [0.29, 0.717) is 25.2 Å². The van der Waals surface area contributed by atoms with E-state index in [9.17, 15) is 14.0 Å². The number of amides is 2. The molecule has 4 nitrogen and oxygen atoms in total. The van der Waals surface area contributed by atoms with Crippen molar-refractivity contribution >= 4 is 33.4 Å². The minimum atomic E-state index is -0.348. The second kappa shape index (κ2) is 7.78. The minimum absolute atomic E-state index is 0.0171. The van der Waals surface area contributed by atoms with Crippen molar-refractivity contribution in [2.24, 2.45) is 5.92 Å². The van der Waals surface area contributed by atoms with Crippen molar-refractivity contribution in [2.45, 2.75) is 12.8 Å². The maximum Gasteiger partial charge on any atom is 0.229 e. The Bertz CT molecular complexity index is 779. The second-order valence-electron chi connectivity index (χ2n) is 6.12. The van der Waals surface area contributed by atoms with Crippen LogP contribution in [0, 0.1) is 11.7 Å². The normalized spacial score (nSPS) is 17.0. The lowest BCUT2D eigenvalue weighted by Gasteiger charge is -2.16. The summed E-state index contributed by atoms with van der Waals surface area (Å²) in [4.78, 5) is 26.2. The number of likely N-dealkylation sites (tertiary alicyclic amines) is 1. The number of carbonyl (C=O) groups excluding carboxylic acids is 2. The van der Waals surface area contributed by atoms with E-state index in [1.807, 2.05) is 24.3 Å². The topological polar surface area (TPSA) is 49.4 Å². The predicted molar refractivity (Wildman–Crippen MR) is 97.6 cm³/mol. The van der Waals surface area contributed by atoms with Gasteiger partial charge >= 0.3 is 0 Å². The maximum absolute atomic E-state index is 12.9. The van der Waals surface area contributed by atoms with Gasteiger partial charge in [0.15, 0.2) is 0 Å². The van der Waals surface area contributed by atoms with Crippen molar-refractivity contribution in [1.29, 1.82) is 0 Å². The van der Waals surface area contributed by atoms with Gasteiger partial charge in [0.1, 0.15) is 5.82 Å². The van der Waals surface area contributed by atoms with Gasteiger partial charge < -0.3 is 10.2 Å². The summed E-state index contributed by atoms with van der Waals surface area (Å²) in [6.45, 7) is 0.949. The standard InChI is InChI=1S/C19H18BrFN2O2/c20-15-2-1-3-17(11-15)22-19(25)14-10-18(24)23(12-14)9-8-13-4-6-16(21)7-5-13/h1-7,11,14H,8-10,12H2,(H,22,25)/t14-/m0/s1. The summed E-state index contributed by atoms with van der Waals surface area (Å²) in [5, 5.41) is 2.86. The van der Waals surface area contributed by atoms with Crippen molar-refractivity contribution in [3.05, 3.63) is 64.4 Å². The molecule has 1 aliphatic rings. The van der Waals surface area contributed by atoms with Gasteiger partial charge in [-0.25, -0.2) is 4.39 Å². The molecule has 1 aliphatic heterocycles. The van der Waals surface area contributed by atoms with Crippen molar-refractivity contribution in [3.63, 3.8) is 0 Å². The van der Waals surface area contributed by atoms with Crippen LogP contribution in [0.2, 0.25) is 0 Å². The number of nitrogens with zero attached hydrogens (tertiary/aromatic N) is 1. The molecule has 1 N–H and O–H groups in total. The zero-order chi connectivity index (χ0) is 17.8. The summed E-state index contributed by atoms with van der Waals surface area (Å²) in [6, 6.07) is 13.6. The molecule has 6 heteroatoms. The van der Waals surface area contributed by atoms with Crippen LogP contribution in [0.3, 0.4) is 0 Å². The van der Waals surface area contributed by atoms with E-state index < -0.39 is 0 Å². The third-order valence-electron chi connectivity index (χ3n) is 4.26. The molecule has 0 bridgehead atoms. The van der Waals surface area contributed by atoms with Gasteiger partial charge in [-0.05, 0) is 42.3 Å². The van der Waals surface area contributed by atoms with Crippen molar-refractivity contribution in [3.8, 4) is 0 Å². The highest BCUT2D eigenvalue weighted by Crippen LogP contribution is 2.22. The molecule has 1 atom stereocenters. The van der Waals surface area contributed by atoms with Gasteiger partial charge in [0.25, 0.3) is 0 Å². The minimum Gasteiger partial charge on any atom is -0.342 e. The molecule has 0 saturated carbocycles. The summed E-state index contributed by atoms with van der Waals surface area (Å²) >= 11 is 3.36. The van der Waals surface area contributed by atoms with Crippen LogP contribution >= 0.6 is 15.9 Å². The van der Waals surface area contributed by atoms with Crippen LogP contribution < -0.4 is 5.32 Å². The molecule has 1 heterocycles. The van der Waals surface area contributed by atoms with Crippen molar-refractivity contribution < 1.29 is 14.0 Å². The highest BCUT2D eigenvalue weighted by Gasteiger charge is 2.34. The summed E-state index contributed by atoms with van der Waals surface area (Å²) in [6.07, 6.45) is 0.870. The number of hydrogen-bond donors (Lipinski definition) is 1. The number of hydrogen-bond acceptors (Lipinski definition) is 2. The number of rotatable bonds is 5. The lowest BCUT2D eigenvalue weighted by atomic mass is 10.1. The highest BCUT2D eigenvalue weighted by molar-refractivity contribution is 9.10. The lowest BCUT2D eigenvalue weighted by molar-refractivity contribution is -0.128. The van der Waals surface area contributed by atoms with Crippen LogP contribution in [-0.4, -0.2) is 29.8 Å². The molecular weight excluding hydrogens is 387 g/mol. The summed E-state index contributed by atoms with van der Waals surface area (Å²) in [5.74, 6) is -0.780. The Kier molecular flexibility index (Phi) is 5.48. The van der Waals surface area contributed by atoms with Crippen LogP contribution in [-0.2, 0) is 16.0 Å². The average Bonchev–Trinajstić information content (AvgIpc) is 2.95. The van der Waals surface area contributed by atoms with E-state index >= 15 is 0 Å². The van der Waals surface area contributed by atoms with Gasteiger partial charge in [0.05, 0.1) is 5.92 Å². The second-order valence-corrected chi connectivity index (χ2v) is 7.03. The van der Waals surface area contributed by atoms with Crippen LogP contribution in [0.25, 0.3) is 0 Å². The van der Waals surface area contributed by atoms with Crippen LogP contribution in [0.1, 0.15) is 12.0 Å². The molecule has 2 amide bonds. The number of halogens is 2. The van der Waals surface area contributed by atoms with E-state index in [0.717, 1.165) is 10.0 Å². The zero-order valence-electron chi connectivity index (χ0n) is 13.5. The first-order valence-electron chi connectivity index (χ1n) is 8.10. The number of anilines is 1. The van der Waals surface area contributed by atoms with Gasteiger partial charge in [0.2, 0.25) is 11.8 Å². The first-order chi connectivity index (χ1) is 12.0. The fourth-order valence-electron chi connectivity index (χ4n) is 2.89. The summed E-state index contributed by atoms with van der Waals surface area (Å²) in [5.41, 5.74) is 1.67. The molecular formula is C19H18BrFN2O2. The van der Waals surface area contributed by atoms with Gasteiger partial charge in [-0.15, -0.1) is 0 Å². The molecule has 0 aliphatic carbocycles. The van der Waals surface area contributed by atoms with Gasteiger partial charge in [0, 0.05) is 29.7 Å². The predicted octanol–water partition coefficient (Wildman–Crippen LogP) is 3.62. The first-order valence-corrected chi connectivity index (χ1v) is 8.89. The molecule has 1 saturated heterocycles. The maximum atomic E-state index is 12.9. The largest absolute Gasteiger partial charge is 0.342 e. The molecule has 130 valence electrons.